The number of hydrogen-bond acceptors (Lipinski definition) is 3. The first-order chi connectivity index (χ1) is 5.86. The smallest absolute Gasteiger partial charge is 0.345 e. The van der Waals surface area contributed by atoms with Gasteiger partial charge in [0, 0.05) is 6.20 Å². The molecule has 2 rings (SSSR count). The van der Waals surface area contributed by atoms with Crippen molar-refractivity contribution in [2.75, 3.05) is 0 Å². The summed E-state index contributed by atoms with van der Waals surface area (Å²) >= 11 is 0. The van der Waals surface area contributed by atoms with Crippen molar-refractivity contribution in [1.82, 2.24) is 9.97 Å². The van der Waals surface area contributed by atoms with Gasteiger partial charge in [-0.1, -0.05) is 0 Å². The van der Waals surface area contributed by atoms with E-state index < -0.39 is 0 Å². The first-order valence-electron chi connectivity index (χ1n) is 3.46. The van der Waals surface area contributed by atoms with Crippen LogP contribution >= 0.6 is 0 Å². The number of H-pyrrole nitrogens is 1. The van der Waals surface area contributed by atoms with E-state index in [0.717, 1.165) is 0 Å². The Balaban J connectivity index is 2.55. The van der Waals surface area contributed by atoms with Crippen LogP contribution in [0, 0.1) is 0 Å². The van der Waals surface area contributed by atoms with Crippen molar-refractivity contribution in [2.45, 2.75) is 0 Å². The standard InChI is InChI=1S/C8H6N2O2/c11-8-9-4-3-6(10-8)7-2-1-5-12-7/h1-5H,(H,9,10,11). The van der Waals surface area contributed by atoms with Gasteiger partial charge in [0.2, 0.25) is 0 Å². The predicted octanol–water partition coefficient (Wildman–Crippen LogP) is 1.03. The molecule has 2 aromatic heterocycles. The molecule has 0 spiro atoms. The van der Waals surface area contributed by atoms with Crippen molar-refractivity contribution in [1.29, 1.82) is 0 Å². The highest BCUT2D eigenvalue weighted by Gasteiger charge is 2.00. The maximum absolute atomic E-state index is 10.8. The zero-order chi connectivity index (χ0) is 8.39. The fraction of sp³-hybridized carbons (Fsp3) is 0. The second-order valence-corrected chi connectivity index (χ2v) is 2.26. The Morgan fingerprint density at radius 3 is 3.00 bits per heavy atom. The van der Waals surface area contributed by atoms with E-state index in [2.05, 4.69) is 9.97 Å². The Hall–Kier alpha value is -1.84. The van der Waals surface area contributed by atoms with E-state index >= 15 is 0 Å². The summed E-state index contributed by atoms with van der Waals surface area (Å²) in [5.74, 6) is 0.598. The lowest BCUT2D eigenvalue weighted by atomic mass is 10.3. The van der Waals surface area contributed by atoms with Gasteiger partial charge >= 0.3 is 5.69 Å². The Bertz CT molecular complexity index is 417. The summed E-state index contributed by atoms with van der Waals surface area (Å²) in [4.78, 5) is 16.9. The maximum atomic E-state index is 10.8. The number of aromatic nitrogens is 2. The molecule has 12 heavy (non-hydrogen) atoms. The number of nitrogens with one attached hydrogen (secondary N) is 1. The normalized spacial score (nSPS) is 10.0. The Morgan fingerprint density at radius 1 is 1.42 bits per heavy atom. The summed E-state index contributed by atoms with van der Waals surface area (Å²) in [6.07, 6.45) is 3.07. The van der Waals surface area contributed by atoms with E-state index in [1.54, 1.807) is 18.2 Å². The molecular weight excluding hydrogens is 156 g/mol. The van der Waals surface area contributed by atoms with Gasteiger partial charge in [0.05, 0.1) is 6.26 Å². The van der Waals surface area contributed by atoms with Gasteiger partial charge in [0.15, 0.2) is 5.76 Å². The summed E-state index contributed by atoms with van der Waals surface area (Å²) in [7, 11) is 0. The van der Waals surface area contributed by atoms with Gasteiger partial charge in [-0.3, -0.25) is 0 Å². The third-order valence-corrected chi connectivity index (χ3v) is 1.44. The van der Waals surface area contributed by atoms with Crippen molar-refractivity contribution < 1.29 is 4.42 Å². The van der Waals surface area contributed by atoms with Crippen LogP contribution in [0.4, 0.5) is 0 Å². The zero-order valence-corrected chi connectivity index (χ0v) is 6.15. The molecule has 0 amide bonds. The molecule has 0 saturated heterocycles. The topological polar surface area (TPSA) is 58.9 Å². The van der Waals surface area contributed by atoms with Crippen molar-refractivity contribution >= 4 is 0 Å². The van der Waals surface area contributed by atoms with Crippen molar-refractivity contribution in [3.05, 3.63) is 41.1 Å². The highest BCUT2D eigenvalue weighted by Crippen LogP contribution is 2.13. The van der Waals surface area contributed by atoms with E-state index in [0.29, 0.717) is 11.5 Å². The van der Waals surface area contributed by atoms with Crippen molar-refractivity contribution in [3.63, 3.8) is 0 Å². The molecule has 0 atom stereocenters. The molecule has 4 heteroatoms. The molecule has 0 saturated carbocycles. The minimum atomic E-state index is -0.371. The molecule has 4 nitrogen and oxygen atoms in total. The molecule has 0 aliphatic rings. The molecule has 2 heterocycles. The fourth-order valence-electron chi connectivity index (χ4n) is 0.932. The van der Waals surface area contributed by atoms with E-state index in [1.807, 2.05) is 0 Å². The van der Waals surface area contributed by atoms with Crippen molar-refractivity contribution in [3.8, 4) is 11.5 Å². The SMILES string of the molecule is O=c1nc(-c2ccco2)cc[nH]1. The molecule has 0 aliphatic carbocycles. The lowest BCUT2D eigenvalue weighted by molar-refractivity contribution is 0.579. The summed E-state index contributed by atoms with van der Waals surface area (Å²) < 4.78 is 5.06. The number of nitrogens with zero attached hydrogens (tertiary/aromatic N) is 1. The number of hydrogen-bond donors (Lipinski definition) is 1. The number of furan rings is 1. The predicted molar refractivity (Wildman–Crippen MR) is 42.6 cm³/mol. The number of aromatic amines is 1. The van der Waals surface area contributed by atoms with Gasteiger partial charge in [0.1, 0.15) is 5.69 Å². The fourth-order valence-corrected chi connectivity index (χ4v) is 0.932. The van der Waals surface area contributed by atoms with Crippen LogP contribution in [0.1, 0.15) is 0 Å². The van der Waals surface area contributed by atoms with Gasteiger partial charge in [-0.15, -0.1) is 0 Å². The third kappa shape index (κ3) is 1.14. The maximum Gasteiger partial charge on any atom is 0.345 e. The second kappa shape index (κ2) is 2.65. The van der Waals surface area contributed by atoms with Crippen LogP contribution in [0.2, 0.25) is 0 Å². The summed E-state index contributed by atoms with van der Waals surface area (Å²) in [6.45, 7) is 0. The van der Waals surface area contributed by atoms with Gasteiger partial charge in [-0.25, -0.2) is 4.79 Å². The molecular formula is C8H6N2O2. The molecule has 0 unspecified atom stereocenters. The monoisotopic (exact) mass is 162 g/mol. The van der Waals surface area contributed by atoms with Crippen LogP contribution in [-0.2, 0) is 0 Å². The minimum absolute atomic E-state index is 0.371. The Morgan fingerprint density at radius 2 is 2.33 bits per heavy atom. The molecule has 0 aromatic carbocycles. The first kappa shape index (κ1) is 6.84. The van der Waals surface area contributed by atoms with Crippen molar-refractivity contribution in [2.24, 2.45) is 0 Å². The summed E-state index contributed by atoms with van der Waals surface area (Å²) in [5, 5.41) is 0. The minimum Gasteiger partial charge on any atom is -0.463 e. The van der Waals surface area contributed by atoms with Crippen LogP contribution in [0.3, 0.4) is 0 Å². The van der Waals surface area contributed by atoms with E-state index in [1.165, 1.54) is 12.5 Å². The molecule has 2 aromatic rings. The quantitative estimate of drug-likeness (QED) is 0.681. The first-order valence-corrected chi connectivity index (χ1v) is 3.46. The molecule has 60 valence electrons. The van der Waals surface area contributed by atoms with Crippen LogP contribution in [0.25, 0.3) is 11.5 Å². The van der Waals surface area contributed by atoms with E-state index in [9.17, 15) is 4.79 Å². The summed E-state index contributed by atoms with van der Waals surface area (Å²) in [6, 6.07) is 5.18. The van der Waals surface area contributed by atoms with Crippen LogP contribution in [-0.4, -0.2) is 9.97 Å². The van der Waals surface area contributed by atoms with Crippen LogP contribution in [0.15, 0.2) is 39.9 Å². The molecule has 0 radical (unpaired) electrons. The largest absolute Gasteiger partial charge is 0.463 e. The Labute approximate surface area is 67.9 Å². The number of rotatable bonds is 1. The van der Waals surface area contributed by atoms with Gasteiger partial charge in [0.25, 0.3) is 0 Å². The van der Waals surface area contributed by atoms with E-state index in [4.69, 9.17) is 4.42 Å². The van der Waals surface area contributed by atoms with E-state index in [-0.39, 0.29) is 5.69 Å². The average Bonchev–Trinajstić information content (AvgIpc) is 2.56. The third-order valence-electron chi connectivity index (χ3n) is 1.44. The average molecular weight is 162 g/mol. The molecule has 0 aliphatic heterocycles. The van der Waals surface area contributed by atoms with Crippen LogP contribution < -0.4 is 5.69 Å². The lowest BCUT2D eigenvalue weighted by Crippen LogP contribution is -2.08. The van der Waals surface area contributed by atoms with Gasteiger partial charge in [-0.2, -0.15) is 4.98 Å². The zero-order valence-electron chi connectivity index (χ0n) is 6.15. The van der Waals surface area contributed by atoms with Gasteiger partial charge < -0.3 is 9.40 Å². The Kier molecular flexibility index (Phi) is 1.51. The van der Waals surface area contributed by atoms with Gasteiger partial charge in [-0.05, 0) is 18.2 Å². The highest BCUT2D eigenvalue weighted by molar-refractivity contribution is 5.50. The molecule has 0 bridgehead atoms. The molecule has 0 fully saturated rings. The lowest BCUT2D eigenvalue weighted by Gasteiger charge is -1.91. The van der Waals surface area contributed by atoms with Crippen LogP contribution in [0.5, 0.6) is 0 Å². The molecule has 1 N–H and O–H groups in total. The summed E-state index contributed by atoms with van der Waals surface area (Å²) in [5.41, 5.74) is 0.174. The highest BCUT2D eigenvalue weighted by atomic mass is 16.3. The second-order valence-electron chi connectivity index (χ2n) is 2.26.